The van der Waals surface area contributed by atoms with E-state index in [-0.39, 0.29) is 5.54 Å². The van der Waals surface area contributed by atoms with E-state index >= 15 is 0 Å². The van der Waals surface area contributed by atoms with Crippen molar-refractivity contribution in [3.8, 4) is 0 Å². The van der Waals surface area contributed by atoms with Gasteiger partial charge in [0.05, 0.1) is 18.8 Å². The molecule has 2 aliphatic heterocycles. The third-order valence-corrected chi connectivity index (χ3v) is 4.24. The highest BCUT2D eigenvalue weighted by molar-refractivity contribution is 8.01. The third kappa shape index (κ3) is 1.13. The number of quaternary nitrogens is 1. The average molecular weight is 187 g/mol. The smallest absolute Gasteiger partial charge is 0.233 e. The number of nitrogens with zero attached hydrogens (tertiary/aromatic N) is 1. The predicted octanol–water partition coefficient (Wildman–Crippen LogP) is -0.756. The molecule has 1 atom stereocenters. The Kier molecular flexibility index (Phi) is 1.84. The lowest BCUT2D eigenvalue weighted by molar-refractivity contribution is -0.730. The first-order valence-corrected chi connectivity index (χ1v) is 5.41. The first-order valence-electron chi connectivity index (χ1n) is 4.37. The molecule has 2 aliphatic rings. The summed E-state index contributed by atoms with van der Waals surface area (Å²) in [5, 5.41) is 2.75. The van der Waals surface area contributed by atoms with E-state index in [1.54, 1.807) is 11.8 Å². The Bertz CT molecular complexity index is 217. The largest absolute Gasteiger partial charge is 0.338 e. The lowest BCUT2D eigenvalue weighted by Gasteiger charge is -2.39. The minimum atomic E-state index is 0.203. The minimum absolute atomic E-state index is 0.203. The van der Waals surface area contributed by atoms with Crippen LogP contribution in [-0.4, -0.2) is 40.6 Å². The van der Waals surface area contributed by atoms with Crippen LogP contribution in [-0.2, 0) is 4.79 Å². The molecule has 2 heterocycles. The van der Waals surface area contributed by atoms with Crippen LogP contribution in [0.15, 0.2) is 0 Å². The summed E-state index contributed by atoms with van der Waals surface area (Å²) < 4.78 is 0. The van der Waals surface area contributed by atoms with Crippen molar-refractivity contribution >= 4 is 17.7 Å². The first kappa shape index (κ1) is 8.38. The lowest BCUT2D eigenvalue weighted by atomic mass is 10.0. The molecule has 3 nitrogen and oxygen atoms in total. The van der Waals surface area contributed by atoms with Crippen LogP contribution in [0.4, 0.5) is 0 Å². The summed E-state index contributed by atoms with van der Waals surface area (Å²) in [6.07, 6.45) is 0. The Hall–Kier alpha value is -0.220. The van der Waals surface area contributed by atoms with Crippen molar-refractivity contribution in [3.05, 3.63) is 0 Å². The van der Waals surface area contributed by atoms with E-state index < -0.39 is 0 Å². The second kappa shape index (κ2) is 2.64. The average Bonchev–Trinajstić information content (AvgIpc) is 2.33. The van der Waals surface area contributed by atoms with Crippen LogP contribution in [0.1, 0.15) is 13.8 Å². The molecule has 0 aromatic rings. The van der Waals surface area contributed by atoms with Crippen LogP contribution in [0.5, 0.6) is 0 Å². The summed E-state index contributed by atoms with van der Waals surface area (Å²) in [5.41, 5.74) is 0.203. The molecule has 2 N–H and O–H groups in total. The van der Waals surface area contributed by atoms with Gasteiger partial charge in [-0.05, 0) is 13.8 Å². The molecule has 0 bridgehead atoms. The van der Waals surface area contributed by atoms with E-state index in [1.807, 2.05) is 4.90 Å². The van der Waals surface area contributed by atoms with Crippen LogP contribution < -0.4 is 5.32 Å². The van der Waals surface area contributed by atoms with Gasteiger partial charge < -0.3 is 10.2 Å². The van der Waals surface area contributed by atoms with Crippen molar-refractivity contribution in [3.63, 3.8) is 0 Å². The number of hydrogen-bond acceptors (Lipinski definition) is 2. The standard InChI is InChI=1S/C8H14N2OS/c1-8(2)7-10(4-3-9-8)6(11)5-12-7/h7,9H,3-5H2,1-2H3/p+1/t7-/m0/s1. The number of amides is 1. The van der Waals surface area contributed by atoms with Crippen LogP contribution in [0.3, 0.4) is 0 Å². The van der Waals surface area contributed by atoms with E-state index in [0.29, 0.717) is 17.0 Å². The molecule has 0 aromatic heterocycles. The van der Waals surface area contributed by atoms with Gasteiger partial charge in [0.25, 0.3) is 0 Å². The summed E-state index contributed by atoms with van der Waals surface area (Å²) in [7, 11) is 0. The number of fused-ring (bicyclic) bond motifs is 1. The molecular formula is C8H15N2OS+. The summed E-state index contributed by atoms with van der Waals surface area (Å²) >= 11 is 1.79. The van der Waals surface area contributed by atoms with Crippen LogP contribution in [0.25, 0.3) is 0 Å². The summed E-state index contributed by atoms with van der Waals surface area (Å²) in [5.74, 6) is 1.01. The monoisotopic (exact) mass is 187 g/mol. The number of hydrogen-bond donors (Lipinski definition) is 1. The first-order chi connectivity index (χ1) is 5.61. The Labute approximate surface area is 76.9 Å². The van der Waals surface area contributed by atoms with Crippen molar-refractivity contribution in [2.24, 2.45) is 0 Å². The molecule has 0 spiro atoms. The van der Waals surface area contributed by atoms with Gasteiger partial charge in [-0.15, -0.1) is 11.8 Å². The molecule has 2 fully saturated rings. The Morgan fingerprint density at radius 2 is 2.42 bits per heavy atom. The quantitative estimate of drug-likeness (QED) is 0.541. The Morgan fingerprint density at radius 1 is 1.67 bits per heavy atom. The molecule has 2 rings (SSSR count). The zero-order valence-corrected chi connectivity index (χ0v) is 8.36. The maximum atomic E-state index is 11.4. The van der Waals surface area contributed by atoms with Gasteiger partial charge in [0.2, 0.25) is 5.91 Å². The van der Waals surface area contributed by atoms with Crippen molar-refractivity contribution in [2.75, 3.05) is 18.8 Å². The topological polar surface area (TPSA) is 36.9 Å². The lowest BCUT2D eigenvalue weighted by Crippen LogP contribution is -3.01. The molecule has 0 saturated carbocycles. The van der Waals surface area contributed by atoms with Gasteiger partial charge in [0.15, 0.2) is 0 Å². The third-order valence-electron chi connectivity index (χ3n) is 2.65. The molecule has 0 aromatic carbocycles. The normalized spacial score (nSPS) is 33.7. The molecular weight excluding hydrogens is 172 g/mol. The SMILES string of the molecule is CC1(C)[NH2+]CCN2C(=O)CS[C@H]21. The van der Waals surface area contributed by atoms with Crippen LogP contribution in [0.2, 0.25) is 0 Å². The highest BCUT2D eigenvalue weighted by atomic mass is 32.2. The molecule has 0 unspecified atom stereocenters. The zero-order chi connectivity index (χ0) is 8.77. The molecule has 1 amide bonds. The summed E-state index contributed by atoms with van der Waals surface area (Å²) in [4.78, 5) is 13.4. The summed E-state index contributed by atoms with van der Waals surface area (Å²) in [6.45, 7) is 6.42. The maximum absolute atomic E-state index is 11.4. The van der Waals surface area contributed by atoms with Gasteiger partial charge in [-0.3, -0.25) is 4.79 Å². The molecule has 0 radical (unpaired) electrons. The molecule has 12 heavy (non-hydrogen) atoms. The highest BCUT2D eigenvalue weighted by Crippen LogP contribution is 2.31. The van der Waals surface area contributed by atoms with Gasteiger partial charge in [-0.25, -0.2) is 0 Å². The number of rotatable bonds is 0. The van der Waals surface area contributed by atoms with E-state index in [4.69, 9.17) is 0 Å². The fraction of sp³-hybridized carbons (Fsp3) is 0.875. The molecule has 0 aliphatic carbocycles. The highest BCUT2D eigenvalue weighted by Gasteiger charge is 2.47. The molecule has 2 saturated heterocycles. The van der Waals surface area contributed by atoms with Gasteiger partial charge in [0.1, 0.15) is 10.9 Å². The fourth-order valence-corrected chi connectivity index (χ4v) is 3.38. The second-order valence-corrected chi connectivity index (χ2v) is 5.13. The maximum Gasteiger partial charge on any atom is 0.233 e. The number of carbonyl (C=O) groups is 1. The minimum Gasteiger partial charge on any atom is -0.338 e. The zero-order valence-electron chi connectivity index (χ0n) is 7.54. The second-order valence-electron chi connectivity index (χ2n) is 4.06. The van der Waals surface area contributed by atoms with Crippen molar-refractivity contribution in [1.29, 1.82) is 0 Å². The van der Waals surface area contributed by atoms with Crippen LogP contribution >= 0.6 is 11.8 Å². The summed E-state index contributed by atoms with van der Waals surface area (Å²) in [6, 6.07) is 0. The van der Waals surface area contributed by atoms with Crippen molar-refractivity contribution in [1.82, 2.24) is 4.90 Å². The number of carbonyl (C=O) groups excluding carboxylic acids is 1. The Morgan fingerprint density at radius 3 is 3.08 bits per heavy atom. The molecule has 4 heteroatoms. The van der Waals surface area contributed by atoms with Gasteiger partial charge in [0, 0.05) is 0 Å². The van der Waals surface area contributed by atoms with Crippen LogP contribution in [0, 0.1) is 0 Å². The van der Waals surface area contributed by atoms with Gasteiger partial charge >= 0.3 is 0 Å². The van der Waals surface area contributed by atoms with E-state index in [1.165, 1.54) is 0 Å². The van der Waals surface area contributed by atoms with Gasteiger partial charge in [-0.1, -0.05) is 0 Å². The number of nitrogens with two attached hydrogens (primary N) is 1. The number of thioether (sulfide) groups is 1. The molecule has 68 valence electrons. The van der Waals surface area contributed by atoms with E-state index in [2.05, 4.69) is 19.2 Å². The van der Waals surface area contributed by atoms with E-state index in [9.17, 15) is 4.79 Å². The number of piperazine rings is 1. The predicted molar refractivity (Wildman–Crippen MR) is 48.8 cm³/mol. The van der Waals surface area contributed by atoms with Crippen molar-refractivity contribution < 1.29 is 10.1 Å². The Balaban J connectivity index is 2.21. The fourth-order valence-electron chi connectivity index (χ4n) is 1.99. The van der Waals surface area contributed by atoms with E-state index in [0.717, 1.165) is 13.1 Å². The van der Waals surface area contributed by atoms with Crippen molar-refractivity contribution in [2.45, 2.75) is 24.8 Å². The van der Waals surface area contributed by atoms with Gasteiger partial charge in [-0.2, -0.15) is 0 Å².